The fraction of sp³-hybridized carbons (Fsp3) is 0.500. The molecule has 0 saturated carbocycles. The van der Waals surface area contributed by atoms with Gasteiger partial charge in [-0.2, -0.15) is 0 Å². The van der Waals surface area contributed by atoms with Crippen LogP contribution in [0.1, 0.15) is 18.4 Å². The first kappa shape index (κ1) is 6.58. The second-order valence-electron chi connectivity index (χ2n) is 2.78. The zero-order valence-electron chi connectivity index (χ0n) is 6.38. The van der Waals surface area contributed by atoms with Gasteiger partial charge < -0.3 is 5.32 Å². The minimum Gasteiger partial charge on any atom is -0.370 e. The Hall–Kier alpha value is -1.12. The summed E-state index contributed by atoms with van der Waals surface area (Å²) in [5, 5.41) is 3.27. The summed E-state index contributed by atoms with van der Waals surface area (Å²) >= 11 is 0. The van der Waals surface area contributed by atoms with E-state index in [0.717, 1.165) is 18.8 Å². The Bertz CT molecular complexity index is 222. The molecule has 3 nitrogen and oxygen atoms in total. The monoisotopic (exact) mass is 149 g/mol. The highest BCUT2D eigenvalue weighted by Crippen LogP contribution is 2.16. The van der Waals surface area contributed by atoms with Gasteiger partial charge in [0, 0.05) is 18.3 Å². The molecule has 0 aromatic carbocycles. The van der Waals surface area contributed by atoms with Crippen LogP contribution in [0.25, 0.3) is 0 Å². The zero-order chi connectivity index (χ0) is 7.52. The van der Waals surface area contributed by atoms with Gasteiger partial charge in [-0.25, -0.2) is 9.97 Å². The quantitative estimate of drug-likeness (QED) is 0.602. The average Bonchev–Trinajstić information content (AvgIpc) is 2.28. The number of anilines is 1. The Morgan fingerprint density at radius 2 is 2.36 bits per heavy atom. The Morgan fingerprint density at radius 3 is 3.36 bits per heavy atom. The summed E-state index contributed by atoms with van der Waals surface area (Å²) in [6.45, 7) is 1.05. The highest BCUT2D eigenvalue weighted by atomic mass is 15.0. The van der Waals surface area contributed by atoms with Gasteiger partial charge in [0.25, 0.3) is 0 Å². The van der Waals surface area contributed by atoms with Crippen LogP contribution in [0.15, 0.2) is 12.5 Å². The molecule has 0 spiro atoms. The number of fused-ring (bicyclic) bond motifs is 1. The third-order valence-electron chi connectivity index (χ3n) is 1.95. The lowest BCUT2D eigenvalue weighted by atomic mass is 10.2. The molecule has 1 aliphatic heterocycles. The lowest BCUT2D eigenvalue weighted by Gasteiger charge is -2.02. The molecule has 1 aromatic heterocycles. The maximum Gasteiger partial charge on any atom is 0.132 e. The second-order valence-corrected chi connectivity index (χ2v) is 2.78. The molecule has 0 unspecified atom stereocenters. The molecule has 58 valence electrons. The molecule has 0 aliphatic carbocycles. The van der Waals surface area contributed by atoms with Crippen LogP contribution in [-0.2, 0) is 6.42 Å². The van der Waals surface area contributed by atoms with Gasteiger partial charge >= 0.3 is 0 Å². The van der Waals surface area contributed by atoms with Crippen LogP contribution in [-0.4, -0.2) is 16.5 Å². The van der Waals surface area contributed by atoms with Crippen molar-refractivity contribution in [1.29, 1.82) is 0 Å². The van der Waals surface area contributed by atoms with E-state index in [9.17, 15) is 0 Å². The maximum absolute atomic E-state index is 4.16. The highest BCUT2D eigenvalue weighted by molar-refractivity contribution is 5.42. The number of aromatic nitrogens is 2. The van der Waals surface area contributed by atoms with Gasteiger partial charge in [0.15, 0.2) is 0 Å². The van der Waals surface area contributed by atoms with Crippen molar-refractivity contribution in [3.63, 3.8) is 0 Å². The van der Waals surface area contributed by atoms with Gasteiger partial charge in [0.1, 0.15) is 12.1 Å². The zero-order valence-corrected chi connectivity index (χ0v) is 6.38. The molecule has 11 heavy (non-hydrogen) atoms. The Labute approximate surface area is 65.9 Å². The number of hydrogen-bond donors (Lipinski definition) is 1. The molecule has 0 saturated heterocycles. The Balaban J connectivity index is 2.33. The van der Waals surface area contributed by atoms with Crippen LogP contribution in [0.5, 0.6) is 0 Å². The summed E-state index contributed by atoms with van der Waals surface area (Å²) in [4.78, 5) is 8.15. The van der Waals surface area contributed by atoms with Crippen molar-refractivity contribution in [3.05, 3.63) is 18.1 Å². The summed E-state index contributed by atoms with van der Waals surface area (Å²) in [5.41, 5.74) is 1.25. The van der Waals surface area contributed by atoms with E-state index in [2.05, 4.69) is 15.3 Å². The van der Waals surface area contributed by atoms with E-state index in [1.165, 1.54) is 18.4 Å². The van der Waals surface area contributed by atoms with Gasteiger partial charge in [-0.1, -0.05) is 0 Å². The third-order valence-corrected chi connectivity index (χ3v) is 1.95. The van der Waals surface area contributed by atoms with Crippen LogP contribution in [0.2, 0.25) is 0 Å². The third kappa shape index (κ3) is 1.31. The summed E-state index contributed by atoms with van der Waals surface area (Å²) < 4.78 is 0. The van der Waals surface area contributed by atoms with Crippen LogP contribution in [0.4, 0.5) is 5.82 Å². The van der Waals surface area contributed by atoms with E-state index < -0.39 is 0 Å². The molecular formula is C8H11N3. The first-order valence-electron chi connectivity index (χ1n) is 3.99. The van der Waals surface area contributed by atoms with Gasteiger partial charge in [0.2, 0.25) is 0 Å². The van der Waals surface area contributed by atoms with E-state index in [0.29, 0.717) is 0 Å². The lowest BCUT2D eigenvalue weighted by molar-refractivity contribution is 0.784. The molecule has 3 heteroatoms. The summed E-state index contributed by atoms with van der Waals surface area (Å²) in [5.74, 6) is 1.03. The van der Waals surface area contributed by atoms with E-state index in [-0.39, 0.29) is 0 Å². The highest BCUT2D eigenvalue weighted by Gasteiger charge is 2.06. The molecular weight excluding hydrogens is 138 g/mol. The fourth-order valence-corrected chi connectivity index (χ4v) is 1.35. The molecule has 2 heterocycles. The van der Waals surface area contributed by atoms with Gasteiger partial charge in [-0.3, -0.25) is 0 Å². The van der Waals surface area contributed by atoms with Crippen molar-refractivity contribution >= 4 is 5.82 Å². The van der Waals surface area contributed by atoms with Crippen LogP contribution in [0.3, 0.4) is 0 Å². The predicted octanol–water partition coefficient (Wildman–Crippen LogP) is 1.22. The summed E-state index contributed by atoms with van der Waals surface area (Å²) in [7, 11) is 0. The smallest absolute Gasteiger partial charge is 0.132 e. The van der Waals surface area contributed by atoms with E-state index in [4.69, 9.17) is 0 Å². The largest absolute Gasteiger partial charge is 0.370 e. The predicted molar refractivity (Wildman–Crippen MR) is 43.5 cm³/mol. The minimum absolute atomic E-state index is 1.03. The molecule has 0 amide bonds. The normalized spacial score (nSPS) is 16.4. The molecule has 0 atom stereocenters. The molecule has 1 aromatic rings. The number of nitrogens with one attached hydrogen (secondary N) is 1. The fourth-order valence-electron chi connectivity index (χ4n) is 1.35. The molecule has 0 fully saturated rings. The van der Waals surface area contributed by atoms with Gasteiger partial charge in [0.05, 0.1) is 0 Å². The van der Waals surface area contributed by atoms with E-state index in [1.807, 2.05) is 6.20 Å². The average molecular weight is 149 g/mol. The van der Waals surface area contributed by atoms with Crippen LogP contribution >= 0.6 is 0 Å². The Morgan fingerprint density at radius 1 is 1.36 bits per heavy atom. The lowest BCUT2D eigenvalue weighted by Crippen LogP contribution is -2.01. The van der Waals surface area contributed by atoms with Crippen LogP contribution < -0.4 is 5.32 Å². The SMILES string of the molecule is c1ncc2c(n1)NCCCC2. The summed E-state index contributed by atoms with van der Waals surface area (Å²) in [6.07, 6.45) is 7.09. The first-order chi connectivity index (χ1) is 5.47. The van der Waals surface area contributed by atoms with E-state index in [1.54, 1.807) is 6.33 Å². The molecule has 1 aliphatic rings. The second kappa shape index (κ2) is 2.86. The molecule has 0 radical (unpaired) electrons. The molecule has 0 bridgehead atoms. The van der Waals surface area contributed by atoms with E-state index >= 15 is 0 Å². The van der Waals surface area contributed by atoms with Crippen molar-refractivity contribution in [2.45, 2.75) is 19.3 Å². The maximum atomic E-state index is 4.16. The van der Waals surface area contributed by atoms with Gasteiger partial charge in [-0.05, 0) is 19.3 Å². The van der Waals surface area contributed by atoms with Crippen molar-refractivity contribution in [2.75, 3.05) is 11.9 Å². The minimum atomic E-state index is 1.03. The number of hydrogen-bond acceptors (Lipinski definition) is 3. The van der Waals surface area contributed by atoms with Crippen molar-refractivity contribution in [3.8, 4) is 0 Å². The van der Waals surface area contributed by atoms with Crippen molar-refractivity contribution in [1.82, 2.24) is 9.97 Å². The number of rotatable bonds is 0. The van der Waals surface area contributed by atoms with Crippen molar-refractivity contribution in [2.24, 2.45) is 0 Å². The molecule has 2 rings (SSSR count). The molecule has 1 N–H and O–H groups in total. The number of aryl methyl sites for hydroxylation is 1. The summed E-state index contributed by atoms with van der Waals surface area (Å²) in [6, 6.07) is 0. The topological polar surface area (TPSA) is 37.8 Å². The number of nitrogens with zero attached hydrogens (tertiary/aromatic N) is 2. The van der Waals surface area contributed by atoms with Gasteiger partial charge in [-0.15, -0.1) is 0 Å². The van der Waals surface area contributed by atoms with Crippen LogP contribution in [0, 0.1) is 0 Å². The standard InChI is InChI=1S/C8H11N3/c1-2-4-10-8-7(3-1)5-9-6-11-8/h5-6H,1-4H2,(H,9,10,11). The Kier molecular flexibility index (Phi) is 1.71. The van der Waals surface area contributed by atoms with Crippen molar-refractivity contribution < 1.29 is 0 Å². The first-order valence-corrected chi connectivity index (χ1v) is 3.99.